The lowest BCUT2D eigenvalue weighted by molar-refractivity contribution is -0.893. The Morgan fingerprint density at radius 2 is 2.03 bits per heavy atom. The third kappa shape index (κ3) is 4.62. The lowest BCUT2D eigenvalue weighted by Gasteiger charge is -2.17. The summed E-state index contributed by atoms with van der Waals surface area (Å²) in [6.07, 6.45) is -3.70. The fraction of sp³-hybridized carbons (Fsp3) is 0.240. The van der Waals surface area contributed by atoms with Gasteiger partial charge < -0.3 is 20.2 Å². The highest BCUT2D eigenvalue weighted by molar-refractivity contribution is 6.33. The largest absolute Gasteiger partial charge is 0.486 e. The number of nitrogens with zero attached hydrogens (tertiary/aromatic N) is 2. The predicted octanol–water partition coefficient (Wildman–Crippen LogP) is 5.78. The number of aromatic nitrogens is 3. The standard InChI is InChI=1S/C25H21ClF3N5O3/c1-12-5-4-6-16(26)19(12)32-23-30-17-9-14(21-15(20(17)33-23)10-24(2,3)37-21)22(35)31-18-8-7-13(11-34(18)36)25(27,28)29/h4-9,11,36H,10H2,1-3H3,(H2,30,32,33,35)/p+1. The zero-order chi connectivity index (χ0) is 26.7. The molecule has 37 heavy (non-hydrogen) atoms. The predicted molar refractivity (Wildman–Crippen MR) is 131 cm³/mol. The van der Waals surface area contributed by atoms with Gasteiger partial charge in [-0.05, 0) is 44.5 Å². The van der Waals surface area contributed by atoms with E-state index in [4.69, 9.17) is 16.3 Å². The molecule has 0 saturated carbocycles. The van der Waals surface area contributed by atoms with Crippen molar-refractivity contribution in [1.29, 1.82) is 0 Å². The number of amides is 1. The number of carbonyl (C=O) groups is 1. The second-order valence-electron chi connectivity index (χ2n) is 9.41. The number of ether oxygens (including phenoxy) is 1. The first-order valence-corrected chi connectivity index (χ1v) is 11.6. The highest BCUT2D eigenvalue weighted by Crippen LogP contribution is 2.42. The van der Waals surface area contributed by atoms with Gasteiger partial charge in [0.05, 0.1) is 27.3 Å². The molecule has 5 rings (SSSR count). The fourth-order valence-electron chi connectivity index (χ4n) is 4.30. The number of fused-ring (bicyclic) bond motifs is 3. The number of halogens is 4. The smallest absolute Gasteiger partial charge is 0.420 e. The molecule has 12 heteroatoms. The molecule has 4 aromatic rings. The van der Waals surface area contributed by atoms with Gasteiger partial charge >= 0.3 is 17.9 Å². The van der Waals surface area contributed by atoms with Crippen molar-refractivity contribution in [1.82, 2.24) is 9.97 Å². The number of alkyl halides is 3. The molecule has 0 bridgehead atoms. The van der Waals surface area contributed by atoms with Crippen molar-refractivity contribution in [2.45, 2.75) is 39.0 Å². The highest BCUT2D eigenvalue weighted by atomic mass is 35.5. The van der Waals surface area contributed by atoms with Crippen LogP contribution < -0.4 is 20.1 Å². The van der Waals surface area contributed by atoms with Crippen molar-refractivity contribution >= 4 is 46.0 Å². The van der Waals surface area contributed by atoms with Crippen molar-refractivity contribution in [2.24, 2.45) is 0 Å². The van der Waals surface area contributed by atoms with Gasteiger partial charge in [0.2, 0.25) is 5.95 Å². The molecule has 8 nitrogen and oxygen atoms in total. The van der Waals surface area contributed by atoms with Gasteiger partial charge in [0.15, 0.2) is 0 Å². The van der Waals surface area contributed by atoms with Crippen LogP contribution in [0.15, 0.2) is 42.6 Å². The third-order valence-electron chi connectivity index (χ3n) is 6.01. The number of aryl methyl sites for hydroxylation is 1. The van der Waals surface area contributed by atoms with Crippen molar-refractivity contribution in [2.75, 3.05) is 10.6 Å². The summed E-state index contributed by atoms with van der Waals surface area (Å²) in [5, 5.41) is 16.2. The summed E-state index contributed by atoms with van der Waals surface area (Å²) in [6, 6.07) is 8.78. The molecule has 2 aromatic carbocycles. The SMILES string of the molecule is Cc1cccc(Cl)c1Nc1nc2c3c(c(C(=O)Nc4ccc(C(F)(F)F)c[n+]4O)cc2[nH]1)OC(C)(C)C3. The average molecular weight is 533 g/mol. The molecule has 1 aliphatic heterocycles. The Morgan fingerprint density at radius 3 is 2.70 bits per heavy atom. The summed E-state index contributed by atoms with van der Waals surface area (Å²) in [7, 11) is 0. The molecule has 0 fully saturated rings. The maximum absolute atomic E-state index is 13.2. The van der Waals surface area contributed by atoms with Crippen LogP contribution in [-0.2, 0) is 12.6 Å². The number of imidazole rings is 1. The Kier molecular flexibility index (Phi) is 5.70. The molecule has 0 aliphatic carbocycles. The van der Waals surface area contributed by atoms with Crippen LogP contribution >= 0.6 is 11.6 Å². The maximum atomic E-state index is 13.2. The van der Waals surface area contributed by atoms with Crippen LogP contribution in [0, 0.1) is 6.92 Å². The molecule has 1 amide bonds. The zero-order valence-corrected chi connectivity index (χ0v) is 20.7. The van der Waals surface area contributed by atoms with E-state index in [0.29, 0.717) is 51.6 Å². The number of benzene rings is 2. The van der Waals surface area contributed by atoms with Gasteiger partial charge in [0, 0.05) is 18.1 Å². The molecule has 4 N–H and O–H groups in total. The van der Waals surface area contributed by atoms with Crippen LogP contribution in [0.25, 0.3) is 11.0 Å². The summed E-state index contributed by atoms with van der Waals surface area (Å²) < 4.78 is 45.1. The first kappa shape index (κ1) is 24.7. The van der Waals surface area contributed by atoms with Gasteiger partial charge in [-0.15, -0.1) is 0 Å². The summed E-state index contributed by atoms with van der Waals surface area (Å²) in [4.78, 5) is 21.1. The molecule has 2 aromatic heterocycles. The summed E-state index contributed by atoms with van der Waals surface area (Å²) >= 11 is 6.34. The van der Waals surface area contributed by atoms with Crippen LogP contribution in [0.1, 0.15) is 40.9 Å². The van der Waals surface area contributed by atoms with Crippen LogP contribution in [0.5, 0.6) is 5.75 Å². The number of para-hydroxylation sites is 1. The Bertz CT molecular complexity index is 1550. The summed E-state index contributed by atoms with van der Waals surface area (Å²) in [5.41, 5.74) is 1.90. The first-order chi connectivity index (χ1) is 17.3. The van der Waals surface area contributed by atoms with Gasteiger partial charge in [-0.1, -0.05) is 28.5 Å². The van der Waals surface area contributed by atoms with Crippen LogP contribution in [0.4, 0.5) is 30.6 Å². The molecule has 192 valence electrons. The minimum atomic E-state index is -4.65. The van der Waals surface area contributed by atoms with Crippen molar-refractivity contribution in [3.8, 4) is 5.75 Å². The number of nitrogens with one attached hydrogen (secondary N) is 3. The number of hydrogen-bond acceptors (Lipinski definition) is 5. The Morgan fingerprint density at radius 1 is 1.27 bits per heavy atom. The van der Waals surface area contributed by atoms with E-state index in [0.717, 1.165) is 17.7 Å². The van der Waals surface area contributed by atoms with Gasteiger partial charge in [-0.25, -0.2) is 15.1 Å². The second-order valence-corrected chi connectivity index (χ2v) is 9.82. The van der Waals surface area contributed by atoms with E-state index in [9.17, 15) is 23.2 Å². The van der Waals surface area contributed by atoms with Gasteiger partial charge in [0.25, 0.3) is 0 Å². The minimum absolute atomic E-state index is 0.136. The van der Waals surface area contributed by atoms with Gasteiger partial charge in [0.1, 0.15) is 23.1 Å². The minimum Gasteiger partial charge on any atom is -0.486 e. The number of aromatic amines is 1. The second kappa shape index (κ2) is 8.55. The fourth-order valence-corrected chi connectivity index (χ4v) is 4.57. The van der Waals surface area contributed by atoms with E-state index in [1.165, 1.54) is 0 Å². The molecular formula is C25H22ClF3N5O3+. The van der Waals surface area contributed by atoms with E-state index in [1.807, 2.05) is 32.9 Å². The third-order valence-corrected chi connectivity index (χ3v) is 6.33. The topological polar surface area (TPSA) is 103 Å². The normalized spacial score (nSPS) is 14.4. The summed E-state index contributed by atoms with van der Waals surface area (Å²) in [6.45, 7) is 5.65. The molecule has 0 saturated heterocycles. The molecule has 3 heterocycles. The zero-order valence-electron chi connectivity index (χ0n) is 19.9. The number of H-pyrrole nitrogens is 1. The summed E-state index contributed by atoms with van der Waals surface area (Å²) in [5.74, 6) is -0.195. The molecule has 0 spiro atoms. The molecule has 0 unspecified atom stereocenters. The quantitative estimate of drug-likeness (QED) is 0.197. The monoisotopic (exact) mass is 532 g/mol. The van der Waals surface area contributed by atoms with Crippen molar-refractivity contribution in [3.63, 3.8) is 0 Å². The Labute approximate surface area is 214 Å². The van der Waals surface area contributed by atoms with Crippen molar-refractivity contribution < 1.29 is 32.6 Å². The van der Waals surface area contributed by atoms with Gasteiger partial charge in [-0.2, -0.15) is 13.2 Å². The number of pyridine rings is 1. The number of rotatable bonds is 4. The van der Waals surface area contributed by atoms with Gasteiger partial charge in [-0.3, -0.25) is 0 Å². The van der Waals surface area contributed by atoms with Crippen LogP contribution in [0.3, 0.4) is 0 Å². The van der Waals surface area contributed by atoms with Crippen LogP contribution in [0.2, 0.25) is 5.02 Å². The lowest BCUT2D eigenvalue weighted by atomic mass is 9.99. The molecule has 0 radical (unpaired) electrons. The number of anilines is 3. The Balaban J connectivity index is 1.53. The molecular weight excluding hydrogens is 511 g/mol. The average Bonchev–Trinajstić information content (AvgIpc) is 3.35. The first-order valence-electron chi connectivity index (χ1n) is 11.2. The van der Waals surface area contributed by atoms with E-state index >= 15 is 0 Å². The Hall–Kier alpha value is -3.99. The molecule has 1 aliphatic rings. The maximum Gasteiger partial charge on any atom is 0.420 e. The lowest BCUT2D eigenvalue weighted by Crippen LogP contribution is -2.36. The van der Waals surface area contributed by atoms with E-state index in [1.54, 1.807) is 12.1 Å². The number of carbonyl (C=O) groups excluding carboxylic acids is 1. The number of hydrogen-bond donors (Lipinski definition) is 4. The highest BCUT2D eigenvalue weighted by Gasteiger charge is 2.38. The van der Waals surface area contributed by atoms with Crippen molar-refractivity contribution in [3.05, 3.63) is 69.9 Å². The van der Waals surface area contributed by atoms with E-state index < -0.39 is 23.2 Å². The molecule has 0 atom stereocenters. The van der Waals surface area contributed by atoms with Crippen LogP contribution in [-0.4, -0.2) is 26.7 Å². The van der Waals surface area contributed by atoms with E-state index in [-0.39, 0.29) is 16.1 Å². The van der Waals surface area contributed by atoms with E-state index in [2.05, 4.69) is 20.6 Å².